The molecule has 124 valence electrons. The molecule has 1 N–H and O–H groups in total. The highest BCUT2D eigenvalue weighted by atomic mass is 35.5. The summed E-state index contributed by atoms with van der Waals surface area (Å²) in [5, 5.41) is 5.12. The smallest absolute Gasteiger partial charge is 0.274 e. The molecule has 0 unspecified atom stereocenters. The molecule has 4 nitrogen and oxygen atoms in total. The van der Waals surface area contributed by atoms with E-state index < -0.39 is 0 Å². The SMILES string of the molecule is Cc1nn2c(=O)cc(-c3ccccc3)[nH]c2c1Cc1ccc(Cl)cc1. The zero-order chi connectivity index (χ0) is 17.4. The molecule has 2 heterocycles. The Morgan fingerprint density at radius 1 is 1.08 bits per heavy atom. The molecule has 4 rings (SSSR count). The number of fused-ring (bicyclic) bond motifs is 1. The van der Waals surface area contributed by atoms with Crippen LogP contribution in [-0.4, -0.2) is 14.6 Å². The second kappa shape index (κ2) is 6.22. The molecule has 0 atom stereocenters. The van der Waals surface area contributed by atoms with E-state index in [0.29, 0.717) is 11.4 Å². The number of H-pyrrole nitrogens is 1. The van der Waals surface area contributed by atoms with Crippen LogP contribution in [-0.2, 0) is 6.42 Å². The summed E-state index contributed by atoms with van der Waals surface area (Å²) >= 11 is 5.97. The fourth-order valence-electron chi connectivity index (χ4n) is 2.99. The molecule has 0 bridgehead atoms. The fraction of sp³-hybridized carbons (Fsp3) is 0.100. The van der Waals surface area contributed by atoms with Crippen LogP contribution in [0.5, 0.6) is 0 Å². The second-order valence-electron chi connectivity index (χ2n) is 6.01. The molecule has 25 heavy (non-hydrogen) atoms. The van der Waals surface area contributed by atoms with Crippen LogP contribution in [0.3, 0.4) is 0 Å². The topological polar surface area (TPSA) is 50.2 Å². The summed E-state index contributed by atoms with van der Waals surface area (Å²) in [5.74, 6) is 0. The van der Waals surface area contributed by atoms with Crippen molar-refractivity contribution in [3.05, 3.63) is 92.9 Å². The van der Waals surface area contributed by atoms with E-state index in [1.165, 1.54) is 4.52 Å². The van der Waals surface area contributed by atoms with Crippen LogP contribution in [0.1, 0.15) is 16.8 Å². The van der Waals surface area contributed by atoms with Crippen LogP contribution < -0.4 is 5.56 Å². The zero-order valence-electron chi connectivity index (χ0n) is 13.7. The van der Waals surface area contributed by atoms with Crippen molar-refractivity contribution in [3.8, 4) is 11.3 Å². The van der Waals surface area contributed by atoms with Crippen molar-refractivity contribution in [2.24, 2.45) is 0 Å². The maximum Gasteiger partial charge on any atom is 0.274 e. The van der Waals surface area contributed by atoms with Gasteiger partial charge in [-0.2, -0.15) is 9.61 Å². The van der Waals surface area contributed by atoms with Crippen molar-refractivity contribution in [2.45, 2.75) is 13.3 Å². The minimum absolute atomic E-state index is 0.141. The van der Waals surface area contributed by atoms with Gasteiger partial charge in [0.2, 0.25) is 0 Å². The maximum atomic E-state index is 12.5. The van der Waals surface area contributed by atoms with E-state index >= 15 is 0 Å². The van der Waals surface area contributed by atoms with E-state index in [1.54, 1.807) is 6.07 Å². The van der Waals surface area contributed by atoms with Gasteiger partial charge in [-0.05, 0) is 30.2 Å². The van der Waals surface area contributed by atoms with Gasteiger partial charge in [-0.25, -0.2) is 0 Å². The Kier molecular flexibility index (Phi) is 3.90. The molecule has 0 saturated carbocycles. The summed E-state index contributed by atoms with van der Waals surface area (Å²) in [4.78, 5) is 15.9. The molecule has 0 saturated heterocycles. The lowest BCUT2D eigenvalue weighted by Crippen LogP contribution is -2.14. The number of halogens is 1. The summed E-state index contributed by atoms with van der Waals surface area (Å²) in [6, 6.07) is 19.1. The van der Waals surface area contributed by atoms with Crippen molar-refractivity contribution >= 4 is 17.2 Å². The lowest BCUT2D eigenvalue weighted by molar-refractivity contribution is 0.882. The average molecular weight is 350 g/mol. The molecule has 4 aromatic rings. The Bertz CT molecular complexity index is 1100. The fourth-order valence-corrected chi connectivity index (χ4v) is 3.11. The Morgan fingerprint density at radius 2 is 1.80 bits per heavy atom. The summed E-state index contributed by atoms with van der Waals surface area (Å²) in [6.45, 7) is 1.92. The molecule has 0 amide bonds. The van der Waals surface area contributed by atoms with Crippen LogP contribution in [0, 0.1) is 6.92 Å². The summed E-state index contributed by atoms with van der Waals surface area (Å²) in [7, 11) is 0. The number of aromatic nitrogens is 3. The Hall–Kier alpha value is -2.85. The van der Waals surface area contributed by atoms with Gasteiger partial charge in [0, 0.05) is 23.1 Å². The van der Waals surface area contributed by atoms with E-state index in [9.17, 15) is 4.79 Å². The quantitative estimate of drug-likeness (QED) is 0.601. The second-order valence-corrected chi connectivity index (χ2v) is 6.45. The van der Waals surface area contributed by atoms with Crippen molar-refractivity contribution in [3.63, 3.8) is 0 Å². The van der Waals surface area contributed by atoms with Gasteiger partial charge >= 0.3 is 0 Å². The monoisotopic (exact) mass is 349 g/mol. The highest BCUT2D eigenvalue weighted by molar-refractivity contribution is 6.30. The van der Waals surface area contributed by atoms with Crippen molar-refractivity contribution in [1.82, 2.24) is 14.6 Å². The molecule has 0 aliphatic carbocycles. The van der Waals surface area contributed by atoms with Gasteiger partial charge in [-0.1, -0.05) is 54.1 Å². The van der Waals surface area contributed by atoms with E-state index in [2.05, 4.69) is 10.1 Å². The summed E-state index contributed by atoms with van der Waals surface area (Å²) < 4.78 is 1.44. The van der Waals surface area contributed by atoms with Gasteiger partial charge in [0.1, 0.15) is 5.65 Å². The molecule has 0 aliphatic heterocycles. The van der Waals surface area contributed by atoms with Crippen LogP contribution in [0.25, 0.3) is 16.9 Å². The third-order valence-corrected chi connectivity index (χ3v) is 4.54. The van der Waals surface area contributed by atoms with E-state index in [0.717, 1.165) is 33.7 Å². The maximum absolute atomic E-state index is 12.5. The molecular weight excluding hydrogens is 334 g/mol. The molecule has 0 fully saturated rings. The Labute approximate surface area is 149 Å². The number of rotatable bonds is 3. The molecule has 0 spiro atoms. The van der Waals surface area contributed by atoms with Crippen molar-refractivity contribution in [1.29, 1.82) is 0 Å². The average Bonchev–Trinajstić information content (AvgIpc) is 2.94. The predicted molar refractivity (Wildman–Crippen MR) is 100 cm³/mol. The highest BCUT2D eigenvalue weighted by Gasteiger charge is 2.14. The number of nitrogens with one attached hydrogen (secondary N) is 1. The summed E-state index contributed by atoms with van der Waals surface area (Å²) in [5.41, 5.74) is 5.32. The normalized spacial score (nSPS) is 11.1. The predicted octanol–water partition coefficient (Wildman–Crippen LogP) is 4.24. The van der Waals surface area contributed by atoms with Gasteiger partial charge in [-0.15, -0.1) is 0 Å². The number of hydrogen-bond donors (Lipinski definition) is 1. The largest absolute Gasteiger partial charge is 0.339 e. The van der Waals surface area contributed by atoms with Crippen LogP contribution in [0.4, 0.5) is 0 Å². The minimum Gasteiger partial charge on any atom is -0.339 e. The van der Waals surface area contributed by atoms with Crippen molar-refractivity contribution in [2.75, 3.05) is 0 Å². The standard InChI is InChI=1S/C20H16ClN3O/c1-13-17(11-14-7-9-16(21)10-8-14)20-22-18(12-19(25)24(20)23-13)15-5-3-2-4-6-15/h2-10,12,22H,11H2,1H3. The third kappa shape index (κ3) is 2.96. The van der Waals surface area contributed by atoms with E-state index in [1.807, 2.05) is 61.5 Å². The number of aromatic amines is 1. The number of hydrogen-bond acceptors (Lipinski definition) is 2. The Morgan fingerprint density at radius 3 is 2.52 bits per heavy atom. The Balaban J connectivity index is 1.86. The van der Waals surface area contributed by atoms with Crippen molar-refractivity contribution < 1.29 is 0 Å². The van der Waals surface area contributed by atoms with Gasteiger partial charge in [0.05, 0.1) is 11.4 Å². The lowest BCUT2D eigenvalue weighted by Gasteiger charge is -2.05. The first-order chi connectivity index (χ1) is 12.1. The lowest BCUT2D eigenvalue weighted by atomic mass is 10.1. The first kappa shape index (κ1) is 15.7. The molecular formula is C20H16ClN3O. The molecule has 5 heteroatoms. The number of benzene rings is 2. The third-order valence-electron chi connectivity index (χ3n) is 4.29. The molecule has 2 aromatic heterocycles. The van der Waals surface area contributed by atoms with E-state index in [-0.39, 0.29) is 5.56 Å². The van der Waals surface area contributed by atoms with Gasteiger partial charge < -0.3 is 4.98 Å². The molecule has 2 aromatic carbocycles. The first-order valence-corrected chi connectivity index (χ1v) is 8.41. The number of nitrogens with zero attached hydrogens (tertiary/aromatic N) is 2. The van der Waals surface area contributed by atoms with Crippen LogP contribution in [0.15, 0.2) is 65.5 Å². The van der Waals surface area contributed by atoms with Gasteiger partial charge in [0.25, 0.3) is 5.56 Å². The number of aryl methyl sites for hydroxylation is 1. The van der Waals surface area contributed by atoms with Gasteiger partial charge in [0.15, 0.2) is 0 Å². The first-order valence-electron chi connectivity index (χ1n) is 8.03. The molecule has 0 aliphatic rings. The minimum atomic E-state index is -0.141. The van der Waals surface area contributed by atoms with E-state index in [4.69, 9.17) is 11.6 Å². The van der Waals surface area contributed by atoms with Crippen LogP contribution >= 0.6 is 11.6 Å². The highest BCUT2D eigenvalue weighted by Crippen LogP contribution is 2.21. The summed E-state index contributed by atoms with van der Waals surface area (Å²) in [6.07, 6.45) is 0.681. The van der Waals surface area contributed by atoms with Crippen LogP contribution in [0.2, 0.25) is 5.02 Å². The zero-order valence-corrected chi connectivity index (χ0v) is 14.4. The molecule has 0 radical (unpaired) electrons. The van der Waals surface area contributed by atoms with Gasteiger partial charge in [-0.3, -0.25) is 4.79 Å².